The highest BCUT2D eigenvalue weighted by atomic mass is 35.5. The number of rotatable bonds is 8. The topological polar surface area (TPSA) is 111 Å². The Kier molecular flexibility index (Phi) is 6.52. The zero-order chi connectivity index (χ0) is 23.5. The van der Waals surface area contributed by atoms with Gasteiger partial charge >= 0.3 is 5.69 Å². The van der Waals surface area contributed by atoms with E-state index in [-0.39, 0.29) is 24.6 Å². The van der Waals surface area contributed by atoms with Gasteiger partial charge in [-0.2, -0.15) is 0 Å². The fourth-order valence-electron chi connectivity index (χ4n) is 3.81. The van der Waals surface area contributed by atoms with Gasteiger partial charge in [0.2, 0.25) is 0 Å². The molecule has 2 heterocycles. The van der Waals surface area contributed by atoms with Crippen LogP contribution < -0.4 is 21.9 Å². The maximum atomic E-state index is 12.9. The van der Waals surface area contributed by atoms with Gasteiger partial charge in [0.05, 0.1) is 30.7 Å². The number of nitrogens with one attached hydrogen (secondary N) is 1. The van der Waals surface area contributed by atoms with Gasteiger partial charge in [0, 0.05) is 25.7 Å². The third-order valence-electron chi connectivity index (χ3n) is 5.55. The Hall–Kier alpha value is -3.56. The zero-order valence-corrected chi connectivity index (χ0v) is 19.2. The van der Waals surface area contributed by atoms with Crippen molar-refractivity contribution in [3.05, 3.63) is 85.8 Å². The van der Waals surface area contributed by atoms with Gasteiger partial charge in [-0.25, -0.2) is 9.78 Å². The number of nitrogen functional groups attached to an aromatic ring is 1. The van der Waals surface area contributed by atoms with E-state index in [1.54, 1.807) is 24.1 Å². The molecule has 33 heavy (non-hydrogen) atoms. The molecule has 2 aromatic heterocycles. The molecule has 0 atom stereocenters. The average molecular weight is 469 g/mol. The highest BCUT2D eigenvalue weighted by Gasteiger charge is 2.21. The molecule has 3 N–H and O–H groups in total. The fourth-order valence-corrected chi connectivity index (χ4v) is 3.98. The maximum Gasteiger partial charge on any atom is 0.330 e. The predicted octanol–water partition coefficient (Wildman–Crippen LogP) is 2.36. The van der Waals surface area contributed by atoms with E-state index in [1.165, 1.54) is 4.57 Å². The first-order valence-electron chi connectivity index (χ1n) is 10.4. The molecule has 0 bridgehead atoms. The van der Waals surface area contributed by atoms with Crippen molar-refractivity contribution in [3.63, 3.8) is 0 Å². The largest absolute Gasteiger partial charge is 0.383 e. The molecule has 0 fully saturated rings. The molecule has 9 nitrogen and oxygen atoms in total. The quantitative estimate of drug-likeness (QED) is 0.410. The molecule has 0 unspecified atom stereocenters. The van der Waals surface area contributed by atoms with Crippen LogP contribution in [0.3, 0.4) is 0 Å². The number of benzene rings is 2. The predicted molar refractivity (Wildman–Crippen MR) is 130 cm³/mol. The second-order valence-electron chi connectivity index (χ2n) is 7.70. The molecule has 0 saturated heterocycles. The first kappa shape index (κ1) is 22.6. The average Bonchev–Trinajstić information content (AvgIpc) is 3.09. The number of halogens is 1. The van der Waals surface area contributed by atoms with Crippen LogP contribution in [0.2, 0.25) is 5.02 Å². The summed E-state index contributed by atoms with van der Waals surface area (Å²) in [5.74, 6) is 0.800. The van der Waals surface area contributed by atoms with Crippen LogP contribution >= 0.6 is 11.6 Å². The van der Waals surface area contributed by atoms with E-state index in [9.17, 15) is 9.59 Å². The Bertz CT molecular complexity index is 1390. The van der Waals surface area contributed by atoms with Crippen molar-refractivity contribution in [1.82, 2.24) is 19.1 Å². The van der Waals surface area contributed by atoms with Gasteiger partial charge < -0.3 is 19.9 Å². The van der Waals surface area contributed by atoms with Crippen LogP contribution in [0.15, 0.2) is 58.1 Å². The monoisotopic (exact) mass is 468 g/mol. The Morgan fingerprint density at radius 3 is 2.67 bits per heavy atom. The first-order chi connectivity index (χ1) is 15.9. The molecule has 0 radical (unpaired) electrons. The van der Waals surface area contributed by atoms with E-state index in [0.29, 0.717) is 24.0 Å². The van der Waals surface area contributed by atoms with E-state index >= 15 is 0 Å². The van der Waals surface area contributed by atoms with Gasteiger partial charge in [0.25, 0.3) is 5.56 Å². The number of H-pyrrole nitrogens is 1. The highest BCUT2D eigenvalue weighted by molar-refractivity contribution is 6.31. The molecule has 0 aliphatic heterocycles. The highest BCUT2D eigenvalue weighted by Crippen LogP contribution is 2.23. The lowest BCUT2D eigenvalue weighted by atomic mass is 10.2. The Balaban J connectivity index is 1.77. The Morgan fingerprint density at radius 2 is 1.94 bits per heavy atom. The number of nitrogens with two attached hydrogens (primary N) is 1. The van der Waals surface area contributed by atoms with Gasteiger partial charge in [-0.05, 0) is 23.8 Å². The normalized spacial score (nSPS) is 11.2. The van der Waals surface area contributed by atoms with Crippen molar-refractivity contribution in [3.8, 4) is 0 Å². The summed E-state index contributed by atoms with van der Waals surface area (Å²) in [6.45, 7) is 1.24. The lowest BCUT2D eigenvalue weighted by Gasteiger charge is -2.25. The summed E-state index contributed by atoms with van der Waals surface area (Å²) in [6, 6.07) is 14.9. The zero-order valence-electron chi connectivity index (χ0n) is 18.4. The number of hydrogen-bond donors (Lipinski definition) is 2. The minimum absolute atomic E-state index is 0.0884. The summed E-state index contributed by atoms with van der Waals surface area (Å²) in [5, 5.41) is 0.595. The van der Waals surface area contributed by atoms with Gasteiger partial charge in [-0.3, -0.25) is 14.3 Å². The number of ether oxygens (including phenoxy) is 1. The lowest BCUT2D eigenvalue weighted by Crippen LogP contribution is -2.39. The number of imidazole rings is 1. The molecule has 0 amide bonds. The molecule has 4 rings (SSSR count). The van der Waals surface area contributed by atoms with E-state index in [0.717, 1.165) is 16.6 Å². The summed E-state index contributed by atoms with van der Waals surface area (Å²) in [7, 11) is 3.48. The molecule has 2 aromatic carbocycles. The van der Waals surface area contributed by atoms with Crippen LogP contribution in [0, 0.1) is 0 Å². The number of aromatic nitrogens is 4. The van der Waals surface area contributed by atoms with E-state index < -0.39 is 11.2 Å². The van der Waals surface area contributed by atoms with E-state index in [4.69, 9.17) is 22.1 Å². The molecule has 4 aromatic rings. The number of anilines is 2. The van der Waals surface area contributed by atoms with Crippen LogP contribution in [0.4, 0.5) is 11.5 Å². The second kappa shape index (κ2) is 9.51. The van der Waals surface area contributed by atoms with Crippen molar-refractivity contribution in [2.45, 2.75) is 13.1 Å². The van der Waals surface area contributed by atoms with Gasteiger partial charge in [-0.15, -0.1) is 0 Å². The van der Waals surface area contributed by atoms with Crippen LogP contribution in [-0.4, -0.2) is 39.4 Å². The molecular formula is C23H25ClN6O3. The molecule has 0 aliphatic rings. The molecule has 0 saturated carbocycles. The molecule has 0 aliphatic carbocycles. The summed E-state index contributed by atoms with van der Waals surface area (Å²) in [5.41, 5.74) is 8.05. The number of methoxy groups -OCH3 is 1. The maximum absolute atomic E-state index is 12.9. The smallest absolute Gasteiger partial charge is 0.330 e. The minimum Gasteiger partial charge on any atom is -0.383 e. The number of aryl methyl sites for hydroxylation is 1. The summed E-state index contributed by atoms with van der Waals surface area (Å²) in [4.78, 5) is 34.3. The number of fused-ring (bicyclic) bond motifs is 1. The summed E-state index contributed by atoms with van der Waals surface area (Å²) in [6.07, 6.45) is 0. The molecule has 0 spiro atoms. The summed E-state index contributed by atoms with van der Waals surface area (Å²) < 4.78 is 8.56. The van der Waals surface area contributed by atoms with Crippen LogP contribution in [0.5, 0.6) is 0 Å². The lowest BCUT2D eigenvalue weighted by molar-refractivity contribution is 0.204. The van der Waals surface area contributed by atoms with Crippen molar-refractivity contribution >= 4 is 34.1 Å². The Morgan fingerprint density at radius 1 is 1.18 bits per heavy atom. The molecular weight excluding hydrogens is 444 g/mol. The minimum atomic E-state index is -0.561. The van der Waals surface area contributed by atoms with Crippen LogP contribution in [0.25, 0.3) is 11.0 Å². The standard InChI is InChI=1S/C23H25ClN6O3/c1-28-18-9-8-16(24)12-17(18)26-19(28)14-29(10-11-33-2)20-21(25)30(23(32)27-22(20)31)13-15-6-4-3-5-7-15/h3-9,12H,10-11,13-14,25H2,1-2H3,(H,27,31,32). The van der Waals surface area contributed by atoms with Crippen molar-refractivity contribution in [2.24, 2.45) is 7.05 Å². The number of nitrogens with zero attached hydrogens (tertiary/aromatic N) is 4. The third-order valence-corrected chi connectivity index (χ3v) is 5.78. The van der Waals surface area contributed by atoms with E-state index in [1.807, 2.05) is 48.0 Å². The molecule has 10 heteroatoms. The second-order valence-corrected chi connectivity index (χ2v) is 8.14. The first-order valence-corrected chi connectivity index (χ1v) is 10.8. The van der Waals surface area contributed by atoms with Crippen molar-refractivity contribution in [2.75, 3.05) is 30.9 Å². The van der Waals surface area contributed by atoms with Gasteiger partial charge in [-0.1, -0.05) is 41.9 Å². The van der Waals surface area contributed by atoms with Crippen molar-refractivity contribution < 1.29 is 4.74 Å². The summed E-state index contributed by atoms with van der Waals surface area (Å²) >= 11 is 6.12. The molecule has 172 valence electrons. The number of hydrogen-bond acceptors (Lipinski definition) is 6. The number of aromatic amines is 1. The fraction of sp³-hybridized carbons (Fsp3) is 0.261. The van der Waals surface area contributed by atoms with Crippen molar-refractivity contribution in [1.29, 1.82) is 0 Å². The Labute approximate surface area is 195 Å². The van der Waals surface area contributed by atoms with Gasteiger partial charge in [0.15, 0.2) is 0 Å². The van der Waals surface area contributed by atoms with Crippen LogP contribution in [0.1, 0.15) is 11.4 Å². The van der Waals surface area contributed by atoms with Gasteiger partial charge in [0.1, 0.15) is 17.3 Å². The van der Waals surface area contributed by atoms with E-state index in [2.05, 4.69) is 9.97 Å². The third kappa shape index (κ3) is 4.64. The van der Waals surface area contributed by atoms with Crippen LogP contribution in [-0.2, 0) is 24.9 Å². The SMILES string of the molecule is COCCN(Cc1nc2cc(Cl)ccc2n1C)c1c(N)n(Cc2ccccc2)c(=O)[nH]c1=O.